The number of carbonyl (C=O) groups is 1. The third-order valence-corrected chi connectivity index (χ3v) is 7.73. The average Bonchev–Trinajstić information content (AvgIpc) is 3.43. The molecule has 2 aliphatic rings. The summed E-state index contributed by atoms with van der Waals surface area (Å²) < 4.78 is 7.57. The van der Waals surface area contributed by atoms with Gasteiger partial charge in [-0.1, -0.05) is 36.9 Å². The Bertz CT molecular complexity index is 1480. The van der Waals surface area contributed by atoms with Crippen molar-refractivity contribution < 1.29 is 9.53 Å². The number of nitrogens with zero attached hydrogens (tertiary/aromatic N) is 6. The van der Waals surface area contributed by atoms with Crippen molar-refractivity contribution in [2.24, 2.45) is 5.92 Å². The zero-order valence-electron chi connectivity index (χ0n) is 23.2. The van der Waals surface area contributed by atoms with Gasteiger partial charge in [-0.15, -0.1) is 0 Å². The maximum Gasteiger partial charge on any atom is 0.245 e. The molecule has 2 N–H and O–H groups in total. The van der Waals surface area contributed by atoms with Crippen LogP contribution >= 0.6 is 0 Å². The SMILES string of the molecule is C=CC(=O)N1CCCC(Cn2cnc3c(NCc4ccccc4)nc(Nc4ccc(N5CCOCC5)cc4)nc32)C1. The molecule has 1 amide bonds. The summed E-state index contributed by atoms with van der Waals surface area (Å²) in [6.45, 7) is 9.78. The Labute approximate surface area is 240 Å². The van der Waals surface area contributed by atoms with Gasteiger partial charge in [0, 0.05) is 50.6 Å². The van der Waals surface area contributed by atoms with Crippen LogP contribution in [0.1, 0.15) is 18.4 Å². The van der Waals surface area contributed by atoms with Crippen LogP contribution in [0.15, 0.2) is 73.6 Å². The largest absolute Gasteiger partial charge is 0.378 e. The molecule has 1 unspecified atom stereocenters. The van der Waals surface area contributed by atoms with Crippen LogP contribution in [0.2, 0.25) is 0 Å². The molecule has 2 aromatic carbocycles. The van der Waals surface area contributed by atoms with Crippen LogP contribution in [0, 0.1) is 5.92 Å². The number of imidazole rings is 1. The summed E-state index contributed by atoms with van der Waals surface area (Å²) in [5, 5.41) is 6.88. The topological polar surface area (TPSA) is 100 Å². The lowest BCUT2D eigenvalue weighted by Gasteiger charge is -2.32. The number of benzene rings is 2. The van der Waals surface area contributed by atoms with Gasteiger partial charge in [0.2, 0.25) is 11.9 Å². The fourth-order valence-electron chi connectivity index (χ4n) is 5.57. The first kappa shape index (κ1) is 26.8. The van der Waals surface area contributed by atoms with Crippen LogP contribution in [0.4, 0.5) is 23.1 Å². The summed E-state index contributed by atoms with van der Waals surface area (Å²) in [7, 11) is 0. The third-order valence-electron chi connectivity index (χ3n) is 7.73. The van der Waals surface area contributed by atoms with Crippen LogP contribution in [-0.2, 0) is 22.6 Å². The van der Waals surface area contributed by atoms with Crippen molar-refractivity contribution in [1.29, 1.82) is 0 Å². The number of fused-ring (bicyclic) bond motifs is 1. The number of aromatic nitrogens is 4. The first-order valence-electron chi connectivity index (χ1n) is 14.3. The zero-order chi connectivity index (χ0) is 28.0. The van der Waals surface area contributed by atoms with Gasteiger partial charge in [0.05, 0.1) is 19.5 Å². The summed E-state index contributed by atoms with van der Waals surface area (Å²) in [6.07, 6.45) is 5.26. The number of hydrogen-bond acceptors (Lipinski definition) is 8. The molecule has 0 spiro atoms. The van der Waals surface area contributed by atoms with E-state index in [1.165, 1.54) is 11.8 Å². The van der Waals surface area contributed by atoms with E-state index in [0.717, 1.165) is 74.6 Å². The lowest BCUT2D eigenvalue weighted by molar-refractivity contribution is -0.127. The van der Waals surface area contributed by atoms with E-state index in [1.807, 2.05) is 29.4 Å². The Morgan fingerprint density at radius 2 is 1.85 bits per heavy atom. The second-order valence-electron chi connectivity index (χ2n) is 10.6. The highest BCUT2D eigenvalue weighted by molar-refractivity contribution is 5.87. The maximum absolute atomic E-state index is 12.2. The fourth-order valence-corrected chi connectivity index (χ4v) is 5.57. The molecule has 4 heterocycles. The lowest BCUT2D eigenvalue weighted by Crippen LogP contribution is -2.40. The van der Waals surface area contributed by atoms with Crippen molar-refractivity contribution in [3.05, 3.63) is 79.1 Å². The first-order valence-corrected chi connectivity index (χ1v) is 14.3. The monoisotopic (exact) mass is 552 g/mol. The van der Waals surface area contributed by atoms with Crippen molar-refractivity contribution in [3.63, 3.8) is 0 Å². The molecule has 10 heteroatoms. The van der Waals surface area contributed by atoms with Crippen molar-refractivity contribution in [2.75, 3.05) is 54.9 Å². The Morgan fingerprint density at radius 1 is 1.05 bits per heavy atom. The highest BCUT2D eigenvalue weighted by atomic mass is 16.5. The van der Waals surface area contributed by atoms with Crippen molar-refractivity contribution in [2.45, 2.75) is 25.9 Å². The van der Waals surface area contributed by atoms with Gasteiger partial charge in [0.25, 0.3) is 0 Å². The van der Waals surface area contributed by atoms with E-state index in [-0.39, 0.29) is 5.91 Å². The van der Waals surface area contributed by atoms with Crippen LogP contribution in [0.5, 0.6) is 0 Å². The van der Waals surface area contributed by atoms with Crippen LogP contribution in [0.25, 0.3) is 11.2 Å². The minimum Gasteiger partial charge on any atom is -0.378 e. The summed E-state index contributed by atoms with van der Waals surface area (Å²) in [5.41, 5.74) is 4.72. The molecule has 0 saturated carbocycles. The van der Waals surface area contributed by atoms with Crippen LogP contribution in [-0.4, -0.2) is 69.7 Å². The predicted octanol–water partition coefficient (Wildman–Crippen LogP) is 4.44. The quantitative estimate of drug-likeness (QED) is 0.294. The Hall–Kier alpha value is -4.44. The molecule has 41 heavy (non-hydrogen) atoms. The normalized spacial score (nSPS) is 17.4. The molecule has 0 aliphatic carbocycles. The standard InChI is InChI=1S/C31H36N8O2/c1-2-27(40)38-14-6-9-24(20-38)21-39-22-33-28-29(32-19-23-7-4-3-5-8-23)35-31(36-30(28)39)34-25-10-12-26(13-11-25)37-15-17-41-18-16-37/h2-5,7-8,10-13,22,24H,1,6,9,14-21H2,(H2,32,34,35,36). The van der Waals surface area contributed by atoms with E-state index < -0.39 is 0 Å². The molecular weight excluding hydrogens is 516 g/mol. The zero-order valence-corrected chi connectivity index (χ0v) is 23.2. The number of amides is 1. The third kappa shape index (κ3) is 6.33. The number of piperidine rings is 1. The van der Waals surface area contributed by atoms with E-state index in [1.54, 1.807) is 0 Å². The Morgan fingerprint density at radius 3 is 2.63 bits per heavy atom. The second-order valence-corrected chi connectivity index (χ2v) is 10.6. The van der Waals surface area contributed by atoms with Gasteiger partial charge in [0.1, 0.15) is 0 Å². The molecule has 1 atom stereocenters. The van der Waals surface area contributed by atoms with Gasteiger partial charge in [-0.25, -0.2) is 4.98 Å². The van der Waals surface area contributed by atoms with Crippen LogP contribution < -0.4 is 15.5 Å². The maximum atomic E-state index is 12.2. The first-order chi connectivity index (χ1) is 20.2. The van der Waals surface area contributed by atoms with E-state index >= 15 is 0 Å². The van der Waals surface area contributed by atoms with E-state index in [2.05, 4.69) is 63.1 Å². The molecule has 2 aromatic heterocycles. The summed E-state index contributed by atoms with van der Waals surface area (Å²) in [4.78, 5) is 30.9. The highest BCUT2D eigenvalue weighted by Crippen LogP contribution is 2.27. The van der Waals surface area contributed by atoms with Gasteiger partial charge >= 0.3 is 0 Å². The second kappa shape index (κ2) is 12.4. The number of likely N-dealkylation sites (tertiary alicyclic amines) is 1. The summed E-state index contributed by atoms with van der Waals surface area (Å²) >= 11 is 0. The fraction of sp³-hybridized carbons (Fsp3) is 0.355. The summed E-state index contributed by atoms with van der Waals surface area (Å²) in [5.74, 6) is 1.48. The molecule has 212 valence electrons. The Kier molecular flexibility index (Phi) is 8.09. The van der Waals surface area contributed by atoms with Crippen molar-refractivity contribution in [1.82, 2.24) is 24.4 Å². The Balaban J connectivity index is 1.26. The van der Waals surface area contributed by atoms with Crippen molar-refractivity contribution in [3.8, 4) is 0 Å². The van der Waals surface area contributed by atoms with Gasteiger partial charge in [0.15, 0.2) is 17.0 Å². The highest BCUT2D eigenvalue weighted by Gasteiger charge is 2.24. The van der Waals surface area contributed by atoms with Gasteiger partial charge in [-0.2, -0.15) is 9.97 Å². The molecule has 2 aliphatic heterocycles. The number of nitrogens with one attached hydrogen (secondary N) is 2. The molecule has 2 fully saturated rings. The number of carbonyl (C=O) groups excluding carboxylic acids is 1. The number of rotatable bonds is 9. The molecule has 4 aromatic rings. The van der Waals surface area contributed by atoms with E-state index in [0.29, 0.717) is 30.8 Å². The van der Waals surface area contributed by atoms with Crippen LogP contribution in [0.3, 0.4) is 0 Å². The van der Waals surface area contributed by atoms with Gasteiger partial charge in [-0.05, 0) is 54.7 Å². The number of anilines is 4. The minimum absolute atomic E-state index is 0.00830. The number of ether oxygens (including phenoxy) is 1. The van der Waals surface area contributed by atoms with Gasteiger partial charge in [-0.3, -0.25) is 4.79 Å². The van der Waals surface area contributed by atoms with E-state index in [4.69, 9.17) is 19.7 Å². The minimum atomic E-state index is -0.00830. The number of morpholine rings is 1. The lowest BCUT2D eigenvalue weighted by atomic mass is 9.98. The van der Waals surface area contributed by atoms with E-state index in [9.17, 15) is 4.79 Å². The predicted molar refractivity (Wildman–Crippen MR) is 161 cm³/mol. The van der Waals surface area contributed by atoms with Crippen molar-refractivity contribution >= 4 is 40.2 Å². The summed E-state index contributed by atoms with van der Waals surface area (Å²) in [6, 6.07) is 18.6. The molecule has 6 rings (SSSR count). The smallest absolute Gasteiger partial charge is 0.245 e. The molecular formula is C31H36N8O2. The molecule has 10 nitrogen and oxygen atoms in total. The van der Waals surface area contributed by atoms with Gasteiger partial charge < -0.3 is 29.7 Å². The molecule has 0 bridgehead atoms. The molecule has 0 radical (unpaired) electrons. The average molecular weight is 553 g/mol. The molecule has 2 saturated heterocycles. The number of hydrogen-bond donors (Lipinski definition) is 2.